The molecule has 1 heteroatoms. The fourth-order valence-electron chi connectivity index (χ4n) is 1.27. The Kier molecular flexibility index (Phi) is 9.12. The summed E-state index contributed by atoms with van der Waals surface area (Å²) in [5, 5.41) is 8.70. The van der Waals surface area contributed by atoms with Gasteiger partial charge in [-0.05, 0) is 25.7 Å². The molecule has 0 aliphatic carbocycles. The Morgan fingerprint density at radius 1 is 1.08 bits per heavy atom. The molecule has 0 rings (SSSR count). The van der Waals surface area contributed by atoms with Crippen molar-refractivity contribution < 1.29 is 5.11 Å². The summed E-state index contributed by atoms with van der Waals surface area (Å²) in [6, 6.07) is 0. The average molecular weight is 182 g/mol. The van der Waals surface area contributed by atoms with Crippen molar-refractivity contribution in [1.29, 1.82) is 0 Å². The summed E-state index contributed by atoms with van der Waals surface area (Å²) in [6.45, 7) is 7.60. The minimum atomic E-state index is 0.149. The number of unbranched alkanes of at least 4 members (excludes halogenated alkanes) is 5. The standard InChI is InChI=1S/C12H22O/c1-3-4-5-6-7-8-9-10-12(2)11-13/h3,13H,1-2,4-11H2. The van der Waals surface area contributed by atoms with E-state index in [1.54, 1.807) is 0 Å². The summed E-state index contributed by atoms with van der Waals surface area (Å²) in [6.07, 6.45) is 10.4. The van der Waals surface area contributed by atoms with Crippen LogP contribution in [-0.2, 0) is 0 Å². The third-order valence-corrected chi connectivity index (χ3v) is 2.16. The highest BCUT2D eigenvalue weighted by Gasteiger charge is 1.93. The van der Waals surface area contributed by atoms with Crippen LogP contribution < -0.4 is 0 Å². The van der Waals surface area contributed by atoms with E-state index >= 15 is 0 Å². The lowest BCUT2D eigenvalue weighted by atomic mass is 10.1. The molecule has 0 aromatic heterocycles. The van der Waals surface area contributed by atoms with E-state index in [0.717, 1.165) is 18.4 Å². The molecule has 0 saturated heterocycles. The predicted molar refractivity (Wildman–Crippen MR) is 58.7 cm³/mol. The van der Waals surface area contributed by atoms with E-state index in [9.17, 15) is 0 Å². The van der Waals surface area contributed by atoms with E-state index in [4.69, 9.17) is 5.11 Å². The van der Waals surface area contributed by atoms with Gasteiger partial charge in [-0.2, -0.15) is 0 Å². The van der Waals surface area contributed by atoms with Crippen molar-refractivity contribution in [1.82, 2.24) is 0 Å². The molecule has 0 aromatic rings. The zero-order valence-corrected chi connectivity index (χ0v) is 8.60. The monoisotopic (exact) mass is 182 g/mol. The Bertz CT molecular complexity index is 138. The summed E-state index contributed by atoms with van der Waals surface area (Å²) in [5.74, 6) is 0. The Hall–Kier alpha value is -0.560. The van der Waals surface area contributed by atoms with E-state index in [2.05, 4.69) is 13.2 Å². The molecule has 0 heterocycles. The predicted octanol–water partition coefficient (Wildman–Crippen LogP) is 3.45. The van der Waals surface area contributed by atoms with Crippen molar-refractivity contribution in [2.45, 2.75) is 44.9 Å². The van der Waals surface area contributed by atoms with E-state index < -0.39 is 0 Å². The molecule has 1 nitrogen and oxygen atoms in total. The fraction of sp³-hybridized carbons (Fsp3) is 0.667. The molecule has 0 atom stereocenters. The first-order valence-electron chi connectivity index (χ1n) is 5.19. The average Bonchev–Trinajstić information content (AvgIpc) is 2.16. The first-order valence-corrected chi connectivity index (χ1v) is 5.19. The van der Waals surface area contributed by atoms with E-state index in [-0.39, 0.29) is 6.61 Å². The van der Waals surface area contributed by atoms with E-state index in [0.29, 0.717) is 0 Å². The Labute approximate surface area is 82.2 Å². The summed E-state index contributed by atoms with van der Waals surface area (Å²) in [4.78, 5) is 0. The molecular weight excluding hydrogens is 160 g/mol. The van der Waals surface area contributed by atoms with Crippen molar-refractivity contribution in [2.75, 3.05) is 6.61 Å². The van der Waals surface area contributed by atoms with Crippen molar-refractivity contribution in [3.63, 3.8) is 0 Å². The summed E-state index contributed by atoms with van der Waals surface area (Å²) >= 11 is 0. The van der Waals surface area contributed by atoms with Crippen LogP contribution in [0.25, 0.3) is 0 Å². The number of aliphatic hydroxyl groups excluding tert-OH is 1. The van der Waals surface area contributed by atoms with Gasteiger partial charge in [0.15, 0.2) is 0 Å². The number of hydrogen-bond acceptors (Lipinski definition) is 1. The van der Waals surface area contributed by atoms with Gasteiger partial charge in [-0.1, -0.05) is 37.5 Å². The third-order valence-electron chi connectivity index (χ3n) is 2.16. The number of allylic oxidation sites excluding steroid dienone is 1. The van der Waals surface area contributed by atoms with Gasteiger partial charge >= 0.3 is 0 Å². The molecule has 0 unspecified atom stereocenters. The first kappa shape index (κ1) is 12.4. The zero-order chi connectivity index (χ0) is 9.94. The minimum absolute atomic E-state index is 0.149. The summed E-state index contributed by atoms with van der Waals surface area (Å²) < 4.78 is 0. The molecule has 0 spiro atoms. The molecule has 0 amide bonds. The molecule has 0 fully saturated rings. The van der Waals surface area contributed by atoms with Gasteiger partial charge in [0.05, 0.1) is 6.61 Å². The lowest BCUT2D eigenvalue weighted by Gasteiger charge is -2.01. The topological polar surface area (TPSA) is 20.2 Å². The van der Waals surface area contributed by atoms with Crippen LogP contribution in [0.1, 0.15) is 44.9 Å². The molecule has 0 aliphatic heterocycles. The van der Waals surface area contributed by atoms with Crippen LogP contribution in [-0.4, -0.2) is 11.7 Å². The second-order valence-electron chi connectivity index (χ2n) is 3.50. The Morgan fingerprint density at radius 2 is 1.69 bits per heavy atom. The molecule has 1 N–H and O–H groups in total. The summed E-state index contributed by atoms with van der Waals surface area (Å²) in [5.41, 5.74) is 0.964. The normalized spacial score (nSPS) is 9.92. The Balaban J connectivity index is 2.99. The van der Waals surface area contributed by atoms with Gasteiger partial charge in [-0.25, -0.2) is 0 Å². The highest BCUT2D eigenvalue weighted by atomic mass is 16.3. The zero-order valence-electron chi connectivity index (χ0n) is 8.60. The SMILES string of the molecule is C=CCCCCCCCC(=C)CO. The van der Waals surface area contributed by atoms with Crippen molar-refractivity contribution >= 4 is 0 Å². The van der Waals surface area contributed by atoms with Crippen LogP contribution >= 0.6 is 0 Å². The summed E-state index contributed by atoms with van der Waals surface area (Å²) in [7, 11) is 0. The van der Waals surface area contributed by atoms with Gasteiger partial charge in [-0.15, -0.1) is 6.58 Å². The largest absolute Gasteiger partial charge is 0.392 e. The smallest absolute Gasteiger partial charge is 0.0639 e. The van der Waals surface area contributed by atoms with Gasteiger partial charge in [-0.3, -0.25) is 0 Å². The number of rotatable bonds is 9. The van der Waals surface area contributed by atoms with Crippen molar-refractivity contribution in [3.8, 4) is 0 Å². The molecular formula is C12H22O. The Morgan fingerprint density at radius 3 is 2.31 bits per heavy atom. The minimum Gasteiger partial charge on any atom is -0.392 e. The van der Waals surface area contributed by atoms with Gasteiger partial charge < -0.3 is 5.11 Å². The second kappa shape index (κ2) is 9.53. The third kappa shape index (κ3) is 9.35. The molecule has 0 aliphatic rings. The maximum absolute atomic E-state index is 8.70. The van der Waals surface area contributed by atoms with Crippen molar-refractivity contribution in [3.05, 3.63) is 24.8 Å². The second-order valence-corrected chi connectivity index (χ2v) is 3.50. The van der Waals surface area contributed by atoms with Gasteiger partial charge in [0, 0.05) is 0 Å². The van der Waals surface area contributed by atoms with Crippen LogP contribution in [0.2, 0.25) is 0 Å². The maximum Gasteiger partial charge on any atom is 0.0639 e. The number of hydrogen-bond donors (Lipinski definition) is 1. The highest BCUT2D eigenvalue weighted by Crippen LogP contribution is 2.10. The molecule has 0 aromatic carbocycles. The molecule has 76 valence electrons. The van der Waals surface area contributed by atoms with Crippen molar-refractivity contribution in [2.24, 2.45) is 0 Å². The quantitative estimate of drug-likeness (QED) is 0.428. The maximum atomic E-state index is 8.70. The first-order chi connectivity index (χ1) is 6.31. The van der Waals surface area contributed by atoms with Crippen LogP contribution in [0, 0.1) is 0 Å². The lowest BCUT2D eigenvalue weighted by Crippen LogP contribution is -1.88. The van der Waals surface area contributed by atoms with Gasteiger partial charge in [0.1, 0.15) is 0 Å². The highest BCUT2D eigenvalue weighted by molar-refractivity contribution is 4.92. The van der Waals surface area contributed by atoms with Gasteiger partial charge in [0.2, 0.25) is 0 Å². The fourth-order valence-corrected chi connectivity index (χ4v) is 1.27. The lowest BCUT2D eigenvalue weighted by molar-refractivity contribution is 0.326. The molecule has 0 radical (unpaired) electrons. The molecule has 13 heavy (non-hydrogen) atoms. The van der Waals surface area contributed by atoms with E-state index in [1.165, 1.54) is 32.1 Å². The number of aliphatic hydroxyl groups is 1. The molecule has 0 bridgehead atoms. The van der Waals surface area contributed by atoms with Crippen LogP contribution in [0.3, 0.4) is 0 Å². The molecule has 0 saturated carbocycles. The van der Waals surface area contributed by atoms with Crippen LogP contribution in [0.15, 0.2) is 24.8 Å². The van der Waals surface area contributed by atoms with Crippen LogP contribution in [0.5, 0.6) is 0 Å². The van der Waals surface area contributed by atoms with Gasteiger partial charge in [0.25, 0.3) is 0 Å². The van der Waals surface area contributed by atoms with E-state index in [1.807, 2.05) is 6.08 Å². The van der Waals surface area contributed by atoms with Crippen LogP contribution in [0.4, 0.5) is 0 Å².